The van der Waals surface area contributed by atoms with Crippen LogP contribution in [0.15, 0.2) is 24.3 Å². The smallest absolute Gasteiger partial charge is 0.244 e. The zero-order chi connectivity index (χ0) is 13.8. The molecule has 1 aromatic rings. The predicted molar refractivity (Wildman–Crippen MR) is 74.3 cm³/mol. The Labute approximate surface area is 109 Å². The van der Waals surface area contributed by atoms with Crippen molar-refractivity contribution in [3.05, 3.63) is 41.0 Å². The van der Waals surface area contributed by atoms with Crippen LogP contribution < -0.4 is 5.32 Å². The molecule has 1 amide bonds. The van der Waals surface area contributed by atoms with Gasteiger partial charge in [0.05, 0.1) is 5.60 Å². The minimum atomic E-state index is -0.886. The summed E-state index contributed by atoms with van der Waals surface area (Å²) in [5.41, 5.74) is 2.49. The van der Waals surface area contributed by atoms with E-state index in [-0.39, 0.29) is 12.5 Å². The fraction of sp³-hybridized carbons (Fsp3) is 0.400. The summed E-state index contributed by atoms with van der Waals surface area (Å²) in [5.74, 6) is -0.197. The molecular weight excluding hydrogens is 226 g/mol. The Morgan fingerprint density at radius 2 is 2.06 bits per heavy atom. The Bertz CT molecular complexity index is 456. The van der Waals surface area contributed by atoms with Gasteiger partial charge in [-0.15, -0.1) is 0 Å². The minimum Gasteiger partial charge on any atom is -0.389 e. The Hall–Kier alpha value is -1.61. The van der Waals surface area contributed by atoms with E-state index < -0.39 is 5.60 Å². The van der Waals surface area contributed by atoms with Crippen molar-refractivity contribution in [2.24, 2.45) is 0 Å². The Kier molecular flexibility index (Phi) is 4.68. The molecule has 98 valence electrons. The molecule has 1 rings (SSSR count). The highest BCUT2D eigenvalue weighted by Crippen LogP contribution is 2.11. The molecule has 18 heavy (non-hydrogen) atoms. The van der Waals surface area contributed by atoms with Crippen LogP contribution in [0.25, 0.3) is 6.08 Å². The molecule has 2 N–H and O–H groups in total. The second-order valence-corrected chi connectivity index (χ2v) is 5.22. The summed E-state index contributed by atoms with van der Waals surface area (Å²) in [6.45, 7) is 7.60. The maximum absolute atomic E-state index is 11.5. The van der Waals surface area contributed by atoms with Crippen molar-refractivity contribution >= 4 is 12.0 Å². The Morgan fingerprint density at radius 1 is 1.39 bits per heavy atom. The van der Waals surface area contributed by atoms with E-state index in [0.717, 1.165) is 11.1 Å². The topological polar surface area (TPSA) is 49.3 Å². The average molecular weight is 247 g/mol. The van der Waals surface area contributed by atoms with E-state index in [1.54, 1.807) is 19.9 Å². The number of nitrogens with one attached hydrogen (secondary N) is 1. The van der Waals surface area contributed by atoms with Gasteiger partial charge in [-0.3, -0.25) is 4.79 Å². The van der Waals surface area contributed by atoms with E-state index in [9.17, 15) is 9.90 Å². The van der Waals surface area contributed by atoms with E-state index >= 15 is 0 Å². The van der Waals surface area contributed by atoms with Gasteiger partial charge < -0.3 is 10.4 Å². The molecule has 0 radical (unpaired) electrons. The van der Waals surface area contributed by atoms with Crippen LogP contribution in [-0.4, -0.2) is 23.2 Å². The number of hydrogen-bond acceptors (Lipinski definition) is 2. The standard InChI is InChI=1S/C15H21NO2/c1-11-5-6-13(12(2)9-11)7-8-14(17)16-10-15(3,4)18/h5-9,18H,10H2,1-4H3,(H,16,17). The maximum Gasteiger partial charge on any atom is 0.244 e. The number of carbonyl (C=O) groups is 1. The third-order valence-corrected chi connectivity index (χ3v) is 2.53. The van der Waals surface area contributed by atoms with E-state index in [1.807, 2.05) is 26.0 Å². The lowest BCUT2D eigenvalue weighted by Gasteiger charge is -2.16. The number of hydrogen-bond donors (Lipinski definition) is 2. The highest BCUT2D eigenvalue weighted by atomic mass is 16.3. The molecule has 0 saturated heterocycles. The summed E-state index contributed by atoms with van der Waals surface area (Å²) in [6, 6.07) is 6.08. The van der Waals surface area contributed by atoms with Gasteiger partial charge in [-0.25, -0.2) is 0 Å². The van der Waals surface area contributed by atoms with Crippen LogP contribution in [0.5, 0.6) is 0 Å². The third-order valence-electron chi connectivity index (χ3n) is 2.53. The first kappa shape index (κ1) is 14.5. The molecule has 0 bridgehead atoms. The van der Waals surface area contributed by atoms with E-state index in [0.29, 0.717) is 0 Å². The molecule has 3 nitrogen and oxygen atoms in total. The molecule has 0 fully saturated rings. The lowest BCUT2D eigenvalue weighted by atomic mass is 10.1. The van der Waals surface area contributed by atoms with Crippen LogP contribution in [0.4, 0.5) is 0 Å². The second kappa shape index (κ2) is 5.83. The lowest BCUT2D eigenvalue weighted by Crippen LogP contribution is -2.37. The SMILES string of the molecule is Cc1ccc(C=CC(=O)NCC(C)(C)O)c(C)c1. The number of benzene rings is 1. The van der Waals surface area contributed by atoms with E-state index in [1.165, 1.54) is 11.6 Å². The second-order valence-electron chi connectivity index (χ2n) is 5.22. The highest BCUT2D eigenvalue weighted by molar-refractivity contribution is 5.91. The first-order valence-electron chi connectivity index (χ1n) is 6.03. The molecule has 1 aromatic carbocycles. The number of aryl methyl sites for hydroxylation is 2. The van der Waals surface area contributed by atoms with E-state index in [2.05, 4.69) is 11.4 Å². The number of rotatable bonds is 4. The molecule has 0 heterocycles. The molecule has 3 heteroatoms. The van der Waals surface area contributed by atoms with Crippen LogP contribution in [0, 0.1) is 13.8 Å². The zero-order valence-corrected chi connectivity index (χ0v) is 11.4. The molecule has 0 aliphatic carbocycles. The number of amides is 1. The largest absolute Gasteiger partial charge is 0.389 e. The highest BCUT2D eigenvalue weighted by Gasteiger charge is 2.12. The molecule has 0 unspecified atom stereocenters. The summed E-state index contributed by atoms with van der Waals surface area (Å²) in [4.78, 5) is 11.5. The molecule has 0 aliphatic rings. The van der Waals surface area contributed by atoms with Crippen LogP contribution in [-0.2, 0) is 4.79 Å². The monoisotopic (exact) mass is 247 g/mol. The fourth-order valence-electron chi connectivity index (χ4n) is 1.54. The molecule has 0 saturated carbocycles. The van der Waals surface area contributed by atoms with Crippen molar-refractivity contribution in [1.29, 1.82) is 0 Å². The van der Waals surface area contributed by atoms with Crippen molar-refractivity contribution in [1.82, 2.24) is 5.32 Å². The van der Waals surface area contributed by atoms with Gasteiger partial charge >= 0.3 is 0 Å². The van der Waals surface area contributed by atoms with Crippen molar-refractivity contribution in [3.8, 4) is 0 Å². The summed E-state index contributed by atoms with van der Waals surface area (Å²) >= 11 is 0. The van der Waals surface area contributed by atoms with Gasteiger partial charge in [0.1, 0.15) is 0 Å². The molecule has 0 aromatic heterocycles. The molecular formula is C15H21NO2. The first-order valence-corrected chi connectivity index (χ1v) is 6.03. The molecule has 0 aliphatic heterocycles. The lowest BCUT2D eigenvalue weighted by molar-refractivity contribution is -0.117. The van der Waals surface area contributed by atoms with Crippen LogP contribution in [0.1, 0.15) is 30.5 Å². The molecule has 0 atom stereocenters. The zero-order valence-electron chi connectivity index (χ0n) is 11.4. The maximum atomic E-state index is 11.5. The average Bonchev–Trinajstić information content (AvgIpc) is 2.24. The van der Waals surface area contributed by atoms with Crippen LogP contribution in [0.2, 0.25) is 0 Å². The van der Waals surface area contributed by atoms with Gasteiger partial charge in [-0.1, -0.05) is 23.8 Å². The first-order chi connectivity index (χ1) is 8.28. The third kappa shape index (κ3) is 5.15. The van der Waals surface area contributed by atoms with Crippen LogP contribution in [0.3, 0.4) is 0 Å². The summed E-state index contributed by atoms with van der Waals surface area (Å²) in [5, 5.41) is 12.1. The summed E-state index contributed by atoms with van der Waals surface area (Å²) in [7, 11) is 0. The summed E-state index contributed by atoms with van der Waals surface area (Å²) in [6.07, 6.45) is 3.28. The van der Waals surface area contributed by atoms with Crippen LogP contribution >= 0.6 is 0 Å². The summed E-state index contributed by atoms with van der Waals surface area (Å²) < 4.78 is 0. The van der Waals surface area contributed by atoms with Gasteiger partial charge in [-0.05, 0) is 44.9 Å². The van der Waals surface area contributed by atoms with Gasteiger partial charge in [0.25, 0.3) is 0 Å². The number of aliphatic hydroxyl groups is 1. The van der Waals surface area contributed by atoms with Crippen molar-refractivity contribution < 1.29 is 9.90 Å². The van der Waals surface area contributed by atoms with Gasteiger partial charge in [-0.2, -0.15) is 0 Å². The predicted octanol–water partition coefficient (Wildman–Crippen LogP) is 2.20. The van der Waals surface area contributed by atoms with Crippen molar-refractivity contribution in [3.63, 3.8) is 0 Å². The number of carbonyl (C=O) groups excluding carboxylic acids is 1. The van der Waals surface area contributed by atoms with Gasteiger partial charge in [0.15, 0.2) is 0 Å². The quantitative estimate of drug-likeness (QED) is 0.801. The van der Waals surface area contributed by atoms with Gasteiger partial charge in [0.2, 0.25) is 5.91 Å². The van der Waals surface area contributed by atoms with Crippen molar-refractivity contribution in [2.75, 3.05) is 6.54 Å². The van der Waals surface area contributed by atoms with Gasteiger partial charge in [0, 0.05) is 12.6 Å². The molecule has 0 spiro atoms. The Morgan fingerprint density at radius 3 is 2.61 bits per heavy atom. The normalized spacial score (nSPS) is 11.8. The fourth-order valence-corrected chi connectivity index (χ4v) is 1.54. The Balaban J connectivity index is 2.61. The minimum absolute atomic E-state index is 0.197. The van der Waals surface area contributed by atoms with E-state index in [4.69, 9.17) is 0 Å². The van der Waals surface area contributed by atoms with Crippen molar-refractivity contribution in [2.45, 2.75) is 33.3 Å².